The summed E-state index contributed by atoms with van der Waals surface area (Å²) in [5.74, 6) is -3.03. The minimum absolute atomic E-state index is 0.0275. The lowest BCUT2D eigenvalue weighted by Gasteiger charge is -2.32. The third-order valence-electron chi connectivity index (χ3n) is 4.21. The monoisotopic (exact) mass is 360 g/mol. The number of likely N-dealkylation sites (tertiary alicyclic amines) is 1. The Labute approximate surface area is 141 Å². The van der Waals surface area contributed by atoms with Crippen LogP contribution in [0.2, 0.25) is 0 Å². The molecule has 1 saturated heterocycles. The third kappa shape index (κ3) is 4.51. The van der Waals surface area contributed by atoms with E-state index in [0.717, 1.165) is 38.1 Å². The Bertz CT molecular complexity index is 660. The lowest BCUT2D eigenvalue weighted by molar-refractivity contribution is -0.132. The Morgan fingerprint density at radius 1 is 1.33 bits per heavy atom. The Balaban J connectivity index is 1.99. The maximum Gasteiger partial charge on any atom is 0.341 e. The summed E-state index contributed by atoms with van der Waals surface area (Å²) in [6.45, 7) is 2.29. The van der Waals surface area contributed by atoms with Gasteiger partial charge in [-0.1, -0.05) is 12.1 Å². The van der Waals surface area contributed by atoms with Crippen LogP contribution in [-0.2, 0) is 21.1 Å². The average molecular weight is 360 g/mol. The maximum absolute atomic E-state index is 12.5. The number of hydrogen-bond acceptors (Lipinski definition) is 4. The summed E-state index contributed by atoms with van der Waals surface area (Å²) >= 11 is 0. The number of carbonyl (C=O) groups is 1. The van der Waals surface area contributed by atoms with Crippen LogP contribution in [0.15, 0.2) is 29.2 Å². The number of sulfone groups is 1. The molecule has 1 amide bonds. The van der Waals surface area contributed by atoms with Crippen molar-refractivity contribution < 1.29 is 22.0 Å². The molecule has 1 aromatic carbocycles. The molecule has 1 heterocycles. The van der Waals surface area contributed by atoms with Gasteiger partial charge in [-0.05, 0) is 50.0 Å². The van der Waals surface area contributed by atoms with Gasteiger partial charge in [0, 0.05) is 13.1 Å². The number of amides is 1. The predicted molar refractivity (Wildman–Crippen MR) is 86.6 cm³/mol. The predicted octanol–water partition coefficient (Wildman–Crippen LogP) is 1.68. The minimum atomic E-state index is -4.59. The fraction of sp³-hybridized carbons (Fsp3) is 0.562. The van der Waals surface area contributed by atoms with Crippen LogP contribution >= 0.6 is 0 Å². The Morgan fingerprint density at radius 2 is 2.00 bits per heavy atom. The zero-order chi connectivity index (χ0) is 17.7. The van der Waals surface area contributed by atoms with Gasteiger partial charge in [0.15, 0.2) is 0 Å². The largest absolute Gasteiger partial charge is 0.342 e. The molecule has 134 valence electrons. The van der Waals surface area contributed by atoms with E-state index in [4.69, 9.17) is 0 Å². The molecule has 1 atom stereocenters. The molecule has 24 heavy (non-hydrogen) atoms. The van der Waals surface area contributed by atoms with Gasteiger partial charge >= 0.3 is 5.76 Å². The standard InChI is InChI=1S/C16H22F2N2O3S/c1-19-10-13-3-2-8-20(11-13)15(21)9-12-4-6-14(7-5-12)24(22,23)16(17)18/h4-7,13,16,19H,2-3,8-11H2,1H3. The summed E-state index contributed by atoms with van der Waals surface area (Å²) < 4.78 is 47.8. The number of nitrogens with one attached hydrogen (secondary N) is 1. The number of carbonyl (C=O) groups excluding carboxylic acids is 1. The second-order valence-corrected chi connectivity index (χ2v) is 7.95. The second kappa shape index (κ2) is 8.02. The molecule has 0 radical (unpaired) electrons. The average Bonchev–Trinajstić information content (AvgIpc) is 2.56. The van der Waals surface area contributed by atoms with Crippen molar-refractivity contribution in [1.82, 2.24) is 10.2 Å². The van der Waals surface area contributed by atoms with Crippen LogP contribution in [0.25, 0.3) is 0 Å². The van der Waals surface area contributed by atoms with Crippen molar-refractivity contribution in [1.29, 1.82) is 0 Å². The van der Waals surface area contributed by atoms with E-state index in [1.165, 1.54) is 12.1 Å². The molecule has 1 N–H and O–H groups in total. The van der Waals surface area contributed by atoms with Crippen LogP contribution in [0.5, 0.6) is 0 Å². The Kier molecular flexibility index (Phi) is 6.28. The molecule has 1 aromatic rings. The van der Waals surface area contributed by atoms with Crippen LogP contribution < -0.4 is 5.32 Å². The maximum atomic E-state index is 12.5. The third-order valence-corrected chi connectivity index (χ3v) is 5.60. The first-order valence-corrected chi connectivity index (χ1v) is 9.42. The van der Waals surface area contributed by atoms with Crippen molar-refractivity contribution in [2.24, 2.45) is 5.92 Å². The summed E-state index contributed by atoms with van der Waals surface area (Å²) in [4.78, 5) is 13.8. The number of benzene rings is 1. The summed E-state index contributed by atoms with van der Waals surface area (Å²) in [6, 6.07) is 5.10. The van der Waals surface area contributed by atoms with Crippen LogP contribution in [-0.4, -0.2) is 51.7 Å². The number of halogens is 2. The molecule has 5 nitrogen and oxygen atoms in total. The van der Waals surface area contributed by atoms with E-state index in [1.54, 1.807) is 0 Å². The highest BCUT2D eigenvalue weighted by Crippen LogP contribution is 2.20. The number of rotatable bonds is 6. The lowest BCUT2D eigenvalue weighted by atomic mass is 9.97. The van der Waals surface area contributed by atoms with Crippen molar-refractivity contribution >= 4 is 15.7 Å². The molecule has 0 saturated carbocycles. The van der Waals surface area contributed by atoms with Gasteiger partial charge in [0.1, 0.15) is 0 Å². The minimum Gasteiger partial charge on any atom is -0.342 e. The summed E-state index contributed by atoms with van der Waals surface area (Å²) in [6.07, 6.45) is 2.19. The van der Waals surface area contributed by atoms with E-state index in [0.29, 0.717) is 18.0 Å². The fourth-order valence-corrected chi connectivity index (χ4v) is 3.65. The summed E-state index contributed by atoms with van der Waals surface area (Å²) in [5.41, 5.74) is 0.615. The number of piperidine rings is 1. The molecule has 1 aliphatic heterocycles. The van der Waals surface area contributed by atoms with Gasteiger partial charge < -0.3 is 10.2 Å². The lowest BCUT2D eigenvalue weighted by Crippen LogP contribution is -2.43. The first-order valence-electron chi connectivity index (χ1n) is 7.88. The van der Waals surface area contributed by atoms with Crippen LogP contribution in [0.1, 0.15) is 18.4 Å². The second-order valence-electron chi connectivity index (χ2n) is 6.03. The highest BCUT2D eigenvalue weighted by molar-refractivity contribution is 7.91. The highest BCUT2D eigenvalue weighted by Gasteiger charge is 2.27. The SMILES string of the molecule is CNCC1CCCN(C(=O)Cc2ccc(S(=O)(=O)C(F)F)cc2)C1. The van der Waals surface area contributed by atoms with Gasteiger partial charge in [0.2, 0.25) is 15.7 Å². The van der Waals surface area contributed by atoms with Crippen molar-refractivity contribution in [3.63, 3.8) is 0 Å². The molecule has 8 heteroatoms. The van der Waals surface area contributed by atoms with Gasteiger partial charge in [-0.15, -0.1) is 0 Å². The van der Waals surface area contributed by atoms with Crippen molar-refractivity contribution in [3.05, 3.63) is 29.8 Å². The Morgan fingerprint density at radius 3 is 2.58 bits per heavy atom. The van der Waals surface area contributed by atoms with Gasteiger partial charge in [0.05, 0.1) is 11.3 Å². The van der Waals surface area contributed by atoms with E-state index in [-0.39, 0.29) is 12.3 Å². The van der Waals surface area contributed by atoms with E-state index >= 15 is 0 Å². The molecule has 1 unspecified atom stereocenters. The first-order chi connectivity index (χ1) is 11.3. The molecule has 0 aromatic heterocycles. The number of alkyl halides is 2. The van der Waals surface area contributed by atoms with E-state index in [9.17, 15) is 22.0 Å². The van der Waals surface area contributed by atoms with E-state index < -0.39 is 20.5 Å². The zero-order valence-electron chi connectivity index (χ0n) is 13.5. The first kappa shape index (κ1) is 18.8. The zero-order valence-corrected chi connectivity index (χ0v) is 14.4. The molecular weight excluding hydrogens is 338 g/mol. The topological polar surface area (TPSA) is 66.5 Å². The van der Waals surface area contributed by atoms with Gasteiger partial charge in [0.25, 0.3) is 0 Å². The fourth-order valence-electron chi connectivity index (χ4n) is 2.93. The number of hydrogen-bond donors (Lipinski definition) is 1. The Hall–Kier alpha value is -1.54. The molecule has 1 aliphatic rings. The van der Waals surface area contributed by atoms with Crippen molar-refractivity contribution in [3.8, 4) is 0 Å². The summed E-state index contributed by atoms with van der Waals surface area (Å²) in [5, 5.41) is 3.12. The molecule has 0 bridgehead atoms. The van der Waals surface area contributed by atoms with Crippen LogP contribution in [0.4, 0.5) is 8.78 Å². The van der Waals surface area contributed by atoms with Crippen LogP contribution in [0, 0.1) is 5.92 Å². The van der Waals surface area contributed by atoms with Crippen molar-refractivity contribution in [2.75, 3.05) is 26.7 Å². The van der Waals surface area contributed by atoms with Gasteiger partial charge in [-0.2, -0.15) is 8.78 Å². The molecular formula is C16H22F2N2O3S. The molecule has 0 aliphatic carbocycles. The van der Waals surface area contributed by atoms with Gasteiger partial charge in [-0.3, -0.25) is 4.79 Å². The van der Waals surface area contributed by atoms with E-state index in [2.05, 4.69) is 5.32 Å². The number of nitrogens with zero attached hydrogens (tertiary/aromatic N) is 1. The molecule has 2 rings (SSSR count). The normalized spacial score (nSPS) is 18.8. The van der Waals surface area contributed by atoms with Gasteiger partial charge in [-0.25, -0.2) is 8.42 Å². The highest BCUT2D eigenvalue weighted by atomic mass is 32.2. The van der Waals surface area contributed by atoms with Crippen LogP contribution in [0.3, 0.4) is 0 Å². The molecule has 1 fully saturated rings. The smallest absolute Gasteiger partial charge is 0.341 e. The summed E-state index contributed by atoms with van der Waals surface area (Å²) in [7, 11) is -2.71. The molecule has 0 spiro atoms. The quantitative estimate of drug-likeness (QED) is 0.838. The van der Waals surface area contributed by atoms with Crippen molar-refractivity contribution in [2.45, 2.75) is 29.9 Å². The van der Waals surface area contributed by atoms with E-state index in [1.807, 2.05) is 11.9 Å².